The van der Waals surface area contributed by atoms with Gasteiger partial charge in [0.1, 0.15) is 18.7 Å². The number of aromatic nitrogens is 2. The molecule has 18 heavy (non-hydrogen) atoms. The average Bonchev–Trinajstić information content (AvgIpc) is 3.12. The second-order valence-electron chi connectivity index (χ2n) is 4.84. The Balaban J connectivity index is 2.11. The van der Waals surface area contributed by atoms with Crippen molar-refractivity contribution in [3.8, 4) is 0 Å². The summed E-state index contributed by atoms with van der Waals surface area (Å²) in [6, 6.07) is 1.91. The fourth-order valence-corrected chi connectivity index (χ4v) is 1.97. The highest BCUT2D eigenvalue weighted by atomic mass is 16.4. The fourth-order valence-electron chi connectivity index (χ4n) is 1.97. The maximum atomic E-state index is 10.9. The lowest BCUT2D eigenvalue weighted by atomic mass is 10.2. The maximum absolute atomic E-state index is 10.9. The highest BCUT2D eigenvalue weighted by molar-refractivity contribution is 5.73. The van der Waals surface area contributed by atoms with Gasteiger partial charge in [-0.3, -0.25) is 4.79 Å². The molecule has 1 N–H and O–H groups in total. The van der Waals surface area contributed by atoms with Crippen molar-refractivity contribution in [2.24, 2.45) is 5.92 Å². The molecule has 5 heteroatoms. The molecule has 0 atom stereocenters. The minimum atomic E-state index is -0.814. The molecule has 2 rings (SSSR count). The normalized spacial score (nSPS) is 14.5. The number of nitrogens with zero attached hydrogens (tertiary/aromatic N) is 3. The largest absolute Gasteiger partial charge is 0.480 e. The maximum Gasteiger partial charge on any atom is 0.323 e. The summed E-state index contributed by atoms with van der Waals surface area (Å²) in [6.07, 6.45) is 5.85. The number of carboxylic acid groups (broad SMARTS) is 1. The van der Waals surface area contributed by atoms with E-state index in [9.17, 15) is 4.79 Å². The van der Waals surface area contributed by atoms with Gasteiger partial charge in [-0.15, -0.1) is 0 Å². The van der Waals surface area contributed by atoms with Crippen LogP contribution in [0.2, 0.25) is 0 Å². The molecule has 1 aliphatic carbocycles. The third kappa shape index (κ3) is 3.68. The summed E-state index contributed by atoms with van der Waals surface area (Å²) in [5.74, 6) is 0.558. The zero-order valence-electron chi connectivity index (χ0n) is 10.7. The number of hydrogen-bond acceptors (Lipinski definition) is 4. The smallest absolute Gasteiger partial charge is 0.323 e. The van der Waals surface area contributed by atoms with Crippen LogP contribution >= 0.6 is 0 Å². The van der Waals surface area contributed by atoms with Crippen molar-refractivity contribution in [1.29, 1.82) is 0 Å². The van der Waals surface area contributed by atoms with Crippen LogP contribution in [0.5, 0.6) is 0 Å². The topological polar surface area (TPSA) is 66.3 Å². The van der Waals surface area contributed by atoms with E-state index in [0.717, 1.165) is 30.9 Å². The first-order valence-electron chi connectivity index (χ1n) is 6.46. The molecule has 1 saturated carbocycles. The van der Waals surface area contributed by atoms with Gasteiger partial charge in [0.2, 0.25) is 0 Å². The van der Waals surface area contributed by atoms with Gasteiger partial charge in [-0.1, -0.05) is 13.3 Å². The van der Waals surface area contributed by atoms with Gasteiger partial charge in [-0.2, -0.15) is 0 Å². The molecule has 0 aliphatic heterocycles. The van der Waals surface area contributed by atoms with E-state index >= 15 is 0 Å². The van der Waals surface area contributed by atoms with Crippen molar-refractivity contribution < 1.29 is 9.90 Å². The summed E-state index contributed by atoms with van der Waals surface area (Å²) in [5, 5.41) is 8.97. The summed E-state index contributed by atoms with van der Waals surface area (Å²) >= 11 is 0. The van der Waals surface area contributed by atoms with E-state index in [1.807, 2.05) is 11.0 Å². The van der Waals surface area contributed by atoms with Gasteiger partial charge in [-0.25, -0.2) is 9.97 Å². The van der Waals surface area contributed by atoms with E-state index in [2.05, 4.69) is 16.9 Å². The molecule has 1 fully saturated rings. The summed E-state index contributed by atoms with van der Waals surface area (Å²) in [6.45, 7) is 2.90. The first-order chi connectivity index (χ1) is 8.69. The number of aryl methyl sites for hydroxylation is 1. The molecular weight excluding hydrogens is 230 g/mol. The van der Waals surface area contributed by atoms with Crippen molar-refractivity contribution in [1.82, 2.24) is 9.97 Å². The standard InChI is InChI=1S/C13H19N3O2/c1-2-3-11-6-12(15-9-14-11)16(8-13(17)18)7-10-4-5-10/h6,9-10H,2-5,7-8H2,1H3,(H,17,18). The van der Waals surface area contributed by atoms with Crippen LogP contribution in [0.15, 0.2) is 12.4 Å². The van der Waals surface area contributed by atoms with Crippen LogP contribution in [0.1, 0.15) is 31.9 Å². The predicted octanol–water partition coefficient (Wildman–Crippen LogP) is 1.73. The van der Waals surface area contributed by atoms with Crippen molar-refractivity contribution in [2.45, 2.75) is 32.6 Å². The van der Waals surface area contributed by atoms with Crippen LogP contribution in [-0.4, -0.2) is 34.1 Å². The van der Waals surface area contributed by atoms with Crippen LogP contribution < -0.4 is 4.90 Å². The summed E-state index contributed by atoms with van der Waals surface area (Å²) < 4.78 is 0. The second kappa shape index (κ2) is 5.80. The van der Waals surface area contributed by atoms with Crippen molar-refractivity contribution in [2.75, 3.05) is 18.0 Å². The Hall–Kier alpha value is -1.65. The van der Waals surface area contributed by atoms with Crippen molar-refractivity contribution in [3.05, 3.63) is 18.1 Å². The van der Waals surface area contributed by atoms with Gasteiger partial charge in [0, 0.05) is 18.3 Å². The van der Waals surface area contributed by atoms with Gasteiger partial charge in [0.15, 0.2) is 0 Å². The number of anilines is 1. The number of carbonyl (C=O) groups is 1. The third-order valence-corrected chi connectivity index (χ3v) is 3.04. The summed E-state index contributed by atoms with van der Waals surface area (Å²) in [4.78, 5) is 21.2. The molecule has 0 unspecified atom stereocenters. The molecule has 0 amide bonds. The first-order valence-corrected chi connectivity index (χ1v) is 6.46. The lowest BCUT2D eigenvalue weighted by molar-refractivity contribution is -0.135. The average molecular weight is 249 g/mol. The lowest BCUT2D eigenvalue weighted by Crippen LogP contribution is -2.32. The van der Waals surface area contributed by atoms with Gasteiger partial charge in [0.05, 0.1) is 0 Å². The highest BCUT2D eigenvalue weighted by Crippen LogP contribution is 2.30. The molecular formula is C13H19N3O2. The number of aliphatic carboxylic acids is 1. The van der Waals surface area contributed by atoms with Crippen LogP contribution in [0.4, 0.5) is 5.82 Å². The van der Waals surface area contributed by atoms with Gasteiger partial charge in [0.25, 0.3) is 0 Å². The quantitative estimate of drug-likeness (QED) is 0.797. The Kier molecular flexibility index (Phi) is 4.12. The first kappa shape index (κ1) is 12.8. The molecule has 5 nitrogen and oxygen atoms in total. The Morgan fingerprint density at radius 2 is 2.28 bits per heavy atom. The van der Waals surface area contributed by atoms with Gasteiger partial charge >= 0.3 is 5.97 Å². The molecule has 0 spiro atoms. The van der Waals surface area contributed by atoms with Gasteiger partial charge in [-0.05, 0) is 25.2 Å². The Morgan fingerprint density at radius 3 is 2.89 bits per heavy atom. The van der Waals surface area contributed by atoms with E-state index in [0.29, 0.717) is 5.92 Å². The molecule has 1 aromatic rings. The van der Waals surface area contributed by atoms with Crippen LogP contribution in [0, 0.1) is 5.92 Å². The molecule has 1 aliphatic rings. The zero-order chi connectivity index (χ0) is 13.0. The SMILES string of the molecule is CCCc1cc(N(CC(=O)O)CC2CC2)ncn1. The molecule has 0 bridgehead atoms. The Labute approximate surface area is 107 Å². The van der Waals surface area contributed by atoms with E-state index in [1.54, 1.807) is 0 Å². The molecule has 98 valence electrons. The Bertz CT molecular complexity index is 418. The second-order valence-corrected chi connectivity index (χ2v) is 4.84. The van der Waals surface area contributed by atoms with Crippen LogP contribution in [0.3, 0.4) is 0 Å². The Morgan fingerprint density at radius 1 is 1.50 bits per heavy atom. The molecule has 1 heterocycles. The highest BCUT2D eigenvalue weighted by Gasteiger charge is 2.26. The molecule has 0 saturated heterocycles. The van der Waals surface area contributed by atoms with E-state index < -0.39 is 5.97 Å². The van der Waals surface area contributed by atoms with Crippen molar-refractivity contribution in [3.63, 3.8) is 0 Å². The monoisotopic (exact) mass is 249 g/mol. The summed E-state index contributed by atoms with van der Waals surface area (Å²) in [5.41, 5.74) is 0.980. The zero-order valence-corrected chi connectivity index (χ0v) is 10.7. The minimum Gasteiger partial charge on any atom is -0.480 e. The van der Waals surface area contributed by atoms with E-state index in [4.69, 9.17) is 5.11 Å². The van der Waals surface area contributed by atoms with Crippen LogP contribution in [0.25, 0.3) is 0 Å². The number of rotatable bonds is 7. The molecule has 0 radical (unpaired) electrons. The summed E-state index contributed by atoms with van der Waals surface area (Å²) in [7, 11) is 0. The van der Waals surface area contributed by atoms with E-state index in [-0.39, 0.29) is 6.54 Å². The van der Waals surface area contributed by atoms with Gasteiger partial charge < -0.3 is 10.0 Å². The van der Waals surface area contributed by atoms with E-state index in [1.165, 1.54) is 19.2 Å². The minimum absolute atomic E-state index is 0.0130. The van der Waals surface area contributed by atoms with Crippen molar-refractivity contribution >= 4 is 11.8 Å². The molecule has 1 aromatic heterocycles. The molecule has 0 aromatic carbocycles. The third-order valence-electron chi connectivity index (χ3n) is 3.04. The van der Waals surface area contributed by atoms with Crippen LogP contribution in [-0.2, 0) is 11.2 Å². The fraction of sp³-hybridized carbons (Fsp3) is 0.615. The number of hydrogen-bond donors (Lipinski definition) is 1. The predicted molar refractivity (Wildman–Crippen MR) is 68.6 cm³/mol. The lowest BCUT2D eigenvalue weighted by Gasteiger charge is -2.21. The number of carboxylic acids is 1.